The molecule has 3 rings (SSSR count). The molecule has 0 bridgehead atoms. The molecule has 0 aliphatic carbocycles. The van der Waals surface area contributed by atoms with E-state index in [4.69, 9.17) is 27.9 Å². The molecule has 132 valence electrons. The van der Waals surface area contributed by atoms with Crippen molar-refractivity contribution in [1.82, 2.24) is 5.32 Å². The van der Waals surface area contributed by atoms with Gasteiger partial charge in [-0.15, -0.1) is 0 Å². The number of amides is 2. The fourth-order valence-corrected chi connectivity index (χ4v) is 2.72. The van der Waals surface area contributed by atoms with E-state index >= 15 is 0 Å². The number of carbonyl (C=O) groups excluding carboxylic acids is 1. The fraction of sp³-hybridized carbons (Fsp3) is 0.0500. The molecule has 0 aromatic heterocycles. The highest BCUT2D eigenvalue weighted by Crippen LogP contribution is 2.23. The van der Waals surface area contributed by atoms with Crippen LogP contribution in [-0.2, 0) is 6.54 Å². The number of rotatable bonds is 5. The number of carbonyl (C=O) groups is 1. The van der Waals surface area contributed by atoms with Gasteiger partial charge in [-0.1, -0.05) is 47.5 Å². The number of urea groups is 1. The van der Waals surface area contributed by atoms with Crippen LogP contribution in [0.4, 0.5) is 10.5 Å². The minimum atomic E-state index is -0.326. The monoisotopic (exact) mass is 386 g/mol. The number of hydrogen-bond acceptors (Lipinski definition) is 2. The highest BCUT2D eigenvalue weighted by Gasteiger charge is 2.05. The number of ether oxygens (including phenoxy) is 1. The minimum Gasteiger partial charge on any atom is -0.457 e. The molecule has 3 aromatic carbocycles. The van der Waals surface area contributed by atoms with Gasteiger partial charge in [0.1, 0.15) is 11.5 Å². The Kier molecular flexibility index (Phi) is 6.00. The maximum Gasteiger partial charge on any atom is 0.319 e. The normalized spacial score (nSPS) is 10.2. The van der Waals surface area contributed by atoms with Gasteiger partial charge >= 0.3 is 6.03 Å². The summed E-state index contributed by atoms with van der Waals surface area (Å²) in [5.74, 6) is 1.45. The largest absolute Gasteiger partial charge is 0.457 e. The van der Waals surface area contributed by atoms with Crippen molar-refractivity contribution < 1.29 is 9.53 Å². The minimum absolute atomic E-state index is 0.303. The Morgan fingerprint density at radius 1 is 0.885 bits per heavy atom. The van der Waals surface area contributed by atoms with Gasteiger partial charge in [0.25, 0.3) is 0 Å². The zero-order valence-electron chi connectivity index (χ0n) is 13.7. The summed E-state index contributed by atoms with van der Waals surface area (Å²) in [5, 5.41) is 6.58. The Morgan fingerprint density at radius 3 is 2.27 bits per heavy atom. The van der Waals surface area contributed by atoms with Crippen LogP contribution >= 0.6 is 23.2 Å². The van der Waals surface area contributed by atoms with Crippen LogP contribution in [0.2, 0.25) is 10.0 Å². The lowest BCUT2D eigenvalue weighted by Gasteiger charge is -2.10. The zero-order valence-corrected chi connectivity index (χ0v) is 15.2. The van der Waals surface area contributed by atoms with Crippen molar-refractivity contribution in [2.45, 2.75) is 6.54 Å². The smallest absolute Gasteiger partial charge is 0.319 e. The van der Waals surface area contributed by atoms with Crippen molar-refractivity contribution in [3.63, 3.8) is 0 Å². The second-order valence-electron chi connectivity index (χ2n) is 5.48. The second-order valence-corrected chi connectivity index (χ2v) is 6.33. The maximum atomic E-state index is 12.0. The standard InChI is InChI=1S/C20H16Cl2N2O2/c21-15-7-6-14(19(22)12-15)13-23-20(25)24-16-8-10-18(11-9-16)26-17-4-2-1-3-5-17/h1-12H,13H2,(H2,23,24,25). The van der Waals surface area contributed by atoms with Crippen LogP contribution in [0.25, 0.3) is 0 Å². The van der Waals surface area contributed by atoms with E-state index in [0.717, 1.165) is 11.3 Å². The van der Waals surface area contributed by atoms with Gasteiger partial charge < -0.3 is 15.4 Å². The van der Waals surface area contributed by atoms with Crippen molar-refractivity contribution in [1.29, 1.82) is 0 Å². The van der Waals surface area contributed by atoms with Gasteiger partial charge in [0.05, 0.1) is 0 Å². The summed E-state index contributed by atoms with van der Waals surface area (Å²) in [4.78, 5) is 12.0. The molecular weight excluding hydrogens is 371 g/mol. The molecule has 4 nitrogen and oxygen atoms in total. The number of halogens is 2. The van der Waals surface area contributed by atoms with Gasteiger partial charge in [-0.3, -0.25) is 0 Å². The van der Waals surface area contributed by atoms with Crippen molar-refractivity contribution in [3.8, 4) is 11.5 Å². The first-order valence-corrected chi connectivity index (χ1v) is 8.67. The van der Waals surface area contributed by atoms with Crippen LogP contribution in [0.15, 0.2) is 72.8 Å². The van der Waals surface area contributed by atoms with Crippen molar-refractivity contribution >= 4 is 34.9 Å². The lowest BCUT2D eigenvalue weighted by atomic mass is 10.2. The quantitative estimate of drug-likeness (QED) is 0.555. The lowest BCUT2D eigenvalue weighted by Crippen LogP contribution is -2.28. The second kappa shape index (κ2) is 8.61. The Bertz CT molecular complexity index is 884. The van der Waals surface area contributed by atoms with Crippen LogP contribution in [0.1, 0.15) is 5.56 Å². The van der Waals surface area contributed by atoms with E-state index in [0.29, 0.717) is 28.0 Å². The van der Waals surface area contributed by atoms with Gasteiger partial charge in [0.15, 0.2) is 0 Å². The van der Waals surface area contributed by atoms with E-state index in [1.54, 1.807) is 42.5 Å². The highest BCUT2D eigenvalue weighted by molar-refractivity contribution is 6.35. The summed E-state index contributed by atoms with van der Waals surface area (Å²) in [6.07, 6.45) is 0. The summed E-state index contributed by atoms with van der Waals surface area (Å²) in [6.45, 7) is 0.303. The molecule has 2 N–H and O–H groups in total. The Balaban J connectivity index is 1.52. The average molecular weight is 387 g/mol. The van der Waals surface area contributed by atoms with Crippen molar-refractivity contribution in [3.05, 3.63) is 88.4 Å². The summed E-state index contributed by atoms with van der Waals surface area (Å²) < 4.78 is 5.71. The predicted octanol–water partition coefficient (Wildman–Crippen LogP) is 6.11. The number of benzene rings is 3. The third kappa shape index (κ3) is 5.15. The molecule has 3 aromatic rings. The van der Waals surface area contributed by atoms with Crippen molar-refractivity contribution in [2.24, 2.45) is 0 Å². The number of hydrogen-bond donors (Lipinski definition) is 2. The van der Waals surface area contributed by atoms with Gasteiger partial charge in [-0.25, -0.2) is 4.79 Å². The summed E-state index contributed by atoms with van der Waals surface area (Å²) in [7, 11) is 0. The van der Waals surface area contributed by atoms with Crippen LogP contribution in [-0.4, -0.2) is 6.03 Å². The fourth-order valence-electron chi connectivity index (χ4n) is 2.25. The van der Waals surface area contributed by atoms with Crippen LogP contribution in [0.3, 0.4) is 0 Å². The van der Waals surface area contributed by atoms with E-state index in [-0.39, 0.29) is 6.03 Å². The summed E-state index contributed by atoms with van der Waals surface area (Å²) >= 11 is 11.9. The van der Waals surface area contributed by atoms with E-state index in [9.17, 15) is 4.79 Å². The molecular formula is C20H16Cl2N2O2. The summed E-state index contributed by atoms with van der Waals surface area (Å²) in [5.41, 5.74) is 1.45. The van der Waals surface area contributed by atoms with E-state index in [1.165, 1.54) is 0 Å². The van der Waals surface area contributed by atoms with Crippen molar-refractivity contribution in [2.75, 3.05) is 5.32 Å². The van der Waals surface area contributed by atoms with E-state index in [1.807, 2.05) is 30.3 Å². The molecule has 0 radical (unpaired) electrons. The van der Waals surface area contributed by atoms with Crippen LogP contribution < -0.4 is 15.4 Å². The van der Waals surface area contributed by atoms with E-state index in [2.05, 4.69) is 10.6 Å². The van der Waals surface area contributed by atoms with Gasteiger partial charge in [0, 0.05) is 22.3 Å². The molecule has 0 spiro atoms. The molecule has 0 heterocycles. The SMILES string of the molecule is O=C(NCc1ccc(Cl)cc1Cl)Nc1ccc(Oc2ccccc2)cc1. The molecule has 0 fully saturated rings. The topological polar surface area (TPSA) is 50.4 Å². The first-order chi connectivity index (χ1) is 12.6. The van der Waals surface area contributed by atoms with Gasteiger partial charge in [-0.05, 0) is 54.1 Å². The summed E-state index contributed by atoms with van der Waals surface area (Å²) in [6, 6.07) is 21.4. The molecule has 26 heavy (non-hydrogen) atoms. The predicted molar refractivity (Wildman–Crippen MR) is 105 cm³/mol. The molecule has 0 saturated heterocycles. The average Bonchev–Trinajstić information content (AvgIpc) is 2.63. The Labute approximate surface area is 161 Å². The van der Waals surface area contributed by atoms with Gasteiger partial charge in [-0.2, -0.15) is 0 Å². The van der Waals surface area contributed by atoms with Crippen LogP contribution in [0, 0.1) is 0 Å². The third-order valence-electron chi connectivity index (χ3n) is 3.55. The Hall–Kier alpha value is -2.69. The lowest BCUT2D eigenvalue weighted by molar-refractivity contribution is 0.251. The zero-order chi connectivity index (χ0) is 18.4. The molecule has 6 heteroatoms. The van der Waals surface area contributed by atoms with Gasteiger partial charge in [0.2, 0.25) is 0 Å². The molecule has 0 atom stereocenters. The third-order valence-corrected chi connectivity index (χ3v) is 4.13. The number of nitrogens with one attached hydrogen (secondary N) is 2. The van der Waals surface area contributed by atoms with E-state index < -0.39 is 0 Å². The molecule has 0 unspecified atom stereocenters. The molecule has 0 aliphatic rings. The first kappa shape index (κ1) is 18.1. The Morgan fingerprint density at radius 2 is 1.58 bits per heavy atom. The first-order valence-electron chi connectivity index (χ1n) is 7.92. The highest BCUT2D eigenvalue weighted by atomic mass is 35.5. The number of para-hydroxylation sites is 1. The number of anilines is 1. The van der Waals surface area contributed by atoms with Crippen LogP contribution in [0.5, 0.6) is 11.5 Å². The maximum absolute atomic E-state index is 12.0. The molecule has 0 saturated carbocycles. The molecule has 2 amide bonds. The molecule has 0 aliphatic heterocycles.